The molecule has 1 amide bonds. The normalized spacial score (nSPS) is 18.6. The fourth-order valence-corrected chi connectivity index (χ4v) is 3.74. The van der Waals surface area contributed by atoms with Crippen LogP contribution < -0.4 is 14.4 Å². The van der Waals surface area contributed by atoms with Crippen molar-refractivity contribution in [3.8, 4) is 22.8 Å². The zero-order valence-corrected chi connectivity index (χ0v) is 16.0. The quantitative estimate of drug-likeness (QED) is 0.744. The number of amides is 1. The number of para-hydroxylation sites is 2. The minimum atomic E-state index is -0.591. The molecule has 1 unspecified atom stereocenters. The average Bonchev–Trinajstić information content (AvgIpc) is 3.29. The van der Waals surface area contributed by atoms with Gasteiger partial charge < -0.3 is 19.3 Å². The highest BCUT2D eigenvalue weighted by Gasteiger charge is 2.33. The molecule has 29 heavy (non-hydrogen) atoms. The number of nitrogens with zero attached hydrogens (tertiary/aromatic N) is 3. The topological polar surface area (TPSA) is 70.7 Å². The second kappa shape index (κ2) is 7.50. The van der Waals surface area contributed by atoms with Gasteiger partial charge in [0.2, 0.25) is 6.10 Å². The van der Waals surface area contributed by atoms with Gasteiger partial charge in [0.05, 0.1) is 5.69 Å². The molecule has 0 saturated carbocycles. The third-order valence-corrected chi connectivity index (χ3v) is 5.35. The lowest BCUT2D eigenvalue weighted by molar-refractivity contribution is -0.141. The van der Waals surface area contributed by atoms with Gasteiger partial charge in [-0.25, -0.2) is 0 Å². The molecule has 1 N–H and O–H groups in total. The van der Waals surface area contributed by atoms with Gasteiger partial charge in [-0.2, -0.15) is 5.10 Å². The standard InChI is InChI=1S/C22H22N4O3/c27-22(20-15-28-18-8-4-5-9-19(18)29-20)26-12-10-25(11-13-26)21-14-17(23-24-21)16-6-2-1-3-7-16/h1-9,14,20H,10-13,15H2,(H,23,24). The molecule has 3 heterocycles. The van der Waals surface area contributed by atoms with E-state index in [9.17, 15) is 4.79 Å². The molecule has 2 aromatic carbocycles. The molecule has 1 aromatic heterocycles. The Kier molecular flexibility index (Phi) is 4.56. The molecule has 0 radical (unpaired) electrons. The first-order valence-electron chi connectivity index (χ1n) is 9.81. The fourth-order valence-electron chi connectivity index (χ4n) is 3.74. The second-order valence-corrected chi connectivity index (χ2v) is 7.18. The van der Waals surface area contributed by atoms with Gasteiger partial charge in [0.25, 0.3) is 5.91 Å². The third kappa shape index (κ3) is 3.51. The van der Waals surface area contributed by atoms with E-state index in [1.165, 1.54) is 0 Å². The second-order valence-electron chi connectivity index (χ2n) is 7.18. The van der Waals surface area contributed by atoms with Crippen molar-refractivity contribution in [3.63, 3.8) is 0 Å². The number of fused-ring (bicyclic) bond motifs is 1. The Hall–Kier alpha value is -3.48. The molecule has 0 bridgehead atoms. The number of H-pyrrole nitrogens is 1. The Bertz CT molecular complexity index is 996. The molecule has 5 rings (SSSR count). The van der Waals surface area contributed by atoms with Crippen LogP contribution in [0.25, 0.3) is 11.3 Å². The molecular formula is C22H22N4O3. The number of carbonyl (C=O) groups is 1. The van der Waals surface area contributed by atoms with Crippen LogP contribution in [0, 0.1) is 0 Å². The van der Waals surface area contributed by atoms with E-state index in [1.54, 1.807) is 0 Å². The summed E-state index contributed by atoms with van der Waals surface area (Å²) in [6.45, 7) is 2.97. The van der Waals surface area contributed by atoms with Crippen LogP contribution in [0.15, 0.2) is 60.7 Å². The summed E-state index contributed by atoms with van der Waals surface area (Å²) in [6, 6.07) is 19.6. The molecule has 3 aromatic rings. The summed E-state index contributed by atoms with van der Waals surface area (Å²) in [4.78, 5) is 16.9. The van der Waals surface area contributed by atoms with Crippen LogP contribution in [0.2, 0.25) is 0 Å². The van der Waals surface area contributed by atoms with Gasteiger partial charge in [0, 0.05) is 32.2 Å². The molecule has 1 saturated heterocycles. The van der Waals surface area contributed by atoms with E-state index >= 15 is 0 Å². The van der Waals surface area contributed by atoms with Crippen LogP contribution >= 0.6 is 0 Å². The number of rotatable bonds is 3. The van der Waals surface area contributed by atoms with Crippen molar-refractivity contribution in [1.29, 1.82) is 0 Å². The third-order valence-electron chi connectivity index (χ3n) is 5.35. The van der Waals surface area contributed by atoms with E-state index < -0.39 is 6.10 Å². The van der Waals surface area contributed by atoms with Crippen LogP contribution in [0.3, 0.4) is 0 Å². The van der Waals surface area contributed by atoms with Crippen molar-refractivity contribution in [1.82, 2.24) is 15.1 Å². The van der Waals surface area contributed by atoms with Gasteiger partial charge in [0.1, 0.15) is 6.61 Å². The monoisotopic (exact) mass is 390 g/mol. The highest BCUT2D eigenvalue weighted by Crippen LogP contribution is 2.31. The number of anilines is 1. The van der Waals surface area contributed by atoms with Crippen LogP contribution in [0.5, 0.6) is 11.5 Å². The Morgan fingerprint density at radius 1 is 0.966 bits per heavy atom. The number of aromatic nitrogens is 2. The van der Waals surface area contributed by atoms with Gasteiger partial charge in [0.15, 0.2) is 17.3 Å². The van der Waals surface area contributed by atoms with E-state index in [2.05, 4.69) is 33.3 Å². The number of carbonyl (C=O) groups excluding carboxylic acids is 1. The van der Waals surface area contributed by atoms with Crippen molar-refractivity contribution < 1.29 is 14.3 Å². The maximum atomic E-state index is 12.9. The summed E-state index contributed by atoms with van der Waals surface area (Å²) in [5, 5.41) is 7.56. The molecule has 7 heteroatoms. The molecule has 2 aliphatic heterocycles. The zero-order valence-electron chi connectivity index (χ0n) is 16.0. The fraction of sp³-hybridized carbons (Fsp3) is 0.273. The molecule has 1 atom stereocenters. The average molecular weight is 390 g/mol. The Morgan fingerprint density at radius 2 is 1.69 bits per heavy atom. The van der Waals surface area contributed by atoms with Crippen LogP contribution in [0.1, 0.15) is 0 Å². The highest BCUT2D eigenvalue weighted by molar-refractivity contribution is 5.82. The predicted molar refractivity (Wildman–Crippen MR) is 109 cm³/mol. The number of aromatic amines is 1. The van der Waals surface area contributed by atoms with E-state index in [1.807, 2.05) is 47.4 Å². The van der Waals surface area contributed by atoms with Gasteiger partial charge >= 0.3 is 0 Å². The highest BCUT2D eigenvalue weighted by atomic mass is 16.6. The molecule has 7 nitrogen and oxygen atoms in total. The zero-order chi connectivity index (χ0) is 19.6. The maximum Gasteiger partial charge on any atom is 0.267 e. The Labute approximate surface area is 168 Å². The van der Waals surface area contributed by atoms with Gasteiger partial charge in [-0.05, 0) is 17.7 Å². The molecular weight excluding hydrogens is 368 g/mol. The number of hydrogen-bond donors (Lipinski definition) is 1. The summed E-state index contributed by atoms with van der Waals surface area (Å²) < 4.78 is 11.5. The lowest BCUT2D eigenvalue weighted by Gasteiger charge is -2.37. The molecule has 1 fully saturated rings. The predicted octanol–water partition coefficient (Wildman–Crippen LogP) is 2.57. The largest absolute Gasteiger partial charge is 0.485 e. The Balaban J connectivity index is 1.20. The minimum absolute atomic E-state index is 0.0221. The lowest BCUT2D eigenvalue weighted by atomic mass is 10.1. The summed E-state index contributed by atoms with van der Waals surface area (Å²) in [5.74, 6) is 2.20. The number of nitrogens with one attached hydrogen (secondary N) is 1. The smallest absolute Gasteiger partial charge is 0.267 e. The van der Waals surface area contributed by atoms with Crippen molar-refractivity contribution in [2.75, 3.05) is 37.7 Å². The number of ether oxygens (including phenoxy) is 2. The van der Waals surface area contributed by atoms with E-state index in [0.717, 1.165) is 30.2 Å². The summed E-state index contributed by atoms with van der Waals surface area (Å²) >= 11 is 0. The SMILES string of the molecule is O=C(C1COc2ccccc2O1)N1CCN(c2cc(-c3ccccc3)[nH]n2)CC1. The maximum absolute atomic E-state index is 12.9. The Morgan fingerprint density at radius 3 is 2.48 bits per heavy atom. The van der Waals surface area contributed by atoms with Gasteiger partial charge in [-0.3, -0.25) is 9.89 Å². The lowest BCUT2D eigenvalue weighted by Crippen LogP contribution is -2.54. The number of piperazine rings is 1. The van der Waals surface area contributed by atoms with E-state index in [0.29, 0.717) is 24.6 Å². The first kappa shape index (κ1) is 17.6. The first-order valence-corrected chi connectivity index (χ1v) is 9.81. The van der Waals surface area contributed by atoms with Crippen molar-refractivity contribution >= 4 is 11.7 Å². The van der Waals surface area contributed by atoms with Crippen LogP contribution in [-0.4, -0.2) is 59.9 Å². The van der Waals surface area contributed by atoms with E-state index in [-0.39, 0.29) is 12.5 Å². The summed E-state index contributed by atoms with van der Waals surface area (Å²) in [7, 11) is 0. The van der Waals surface area contributed by atoms with Crippen LogP contribution in [-0.2, 0) is 4.79 Å². The molecule has 0 spiro atoms. The van der Waals surface area contributed by atoms with E-state index in [4.69, 9.17) is 9.47 Å². The number of hydrogen-bond acceptors (Lipinski definition) is 5. The van der Waals surface area contributed by atoms with Crippen molar-refractivity contribution in [2.24, 2.45) is 0 Å². The van der Waals surface area contributed by atoms with Crippen LogP contribution in [0.4, 0.5) is 5.82 Å². The van der Waals surface area contributed by atoms with Gasteiger partial charge in [-0.15, -0.1) is 0 Å². The van der Waals surface area contributed by atoms with Crippen molar-refractivity contribution in [2.45, 2.75) is 6.10 Å². The van der Waals surface area contributed by atoms with Crippen molar-refractivity contribution in [3.05, 3.63) is 60.7 Å². The summed E-state index contributed by atoms with van der Waals surface area (Å²) in [6.07, 6.45) is -0.591. The molecule has 2 aliphatic rings. The number of benzene rings is 2. The summed E-state index contributed by atoms with van der Waals surface area (Å²) in [5.41, 5.74) is 2.10. The minimum Gasteiger partial charge on any atom is -0.485 e. The molecule has 0 aliphatic carbocycles. The first-order chi connectivity index (χ1) is 14.3. The molecule has 148 valence electrons. The van der Waals surface area contributed by atoms with Gasteiger partial charge in [-0.1, -0.05) is 42.5 Å².